The second kappa shape index (κ2) is 12.9. The molecule has 1 saturated carbocycles. The fraction of sp³-hybridized carbons (Fsp3) is 0.441. The lowest BCUT2D eigenvalue weighted by molar-refractivity contribution is -0.324. The van der Waals surface area contributed by atoms with E-state index < -0.39 is 66.5 Å². The Morgan fingerprint density at radius 1 is 0.979 bits per heavy atom. The van der Waals surface area contributed by atoms with Crippen LogP contribution in [-0.4, -0.2) is 98.9 Å². The van der Waals surface area contributed by atoms with Crippen LogP contribution in [0, 0.1) is 5.92 Å². The smallest absolute Gasteiger partial charge is 0.312 e. The third kappa shape index (κ3) is 5.10. The molecule has 0 radical (unpaired) electrons. The van der Waals surface area contributed by atoms with Gasteiger partial charge in [-0.05, 0) is 23.3 Å². The van der Waals surface area contributed by atoms with E-state index in [4.69, 9.17) is 37.9 Å². The van der Waals surface area contributed by atoms with Gasteiger partial charge < -0.3 is 58.3 Å². The predicted octanol–water partition coefficient (Wildman–Crippen LogP) is 1.57. The first-order valence-corrected chi connectivity index (χ1v) is 15.0. The molecule has 3 aromatic rings. The molecule has 2 heterocycles. The van der Waals surface area contributed by atoms with E-state index in [2.05, 4.69) is 0 Å². The van der Waals surface area contributed by atoms with Gasteiger partial charge in [0.25, 0.3) is 6.29 Å². The molecule has 47 heavy (non-hydrogen) atoms. The quantitative estimate of drug-likeness (QED) is 0.233. The summed E-state index contributed by atoms with van der Waals surface area (Å²) in [5, 5.41) is 44.7. The highest BCUT2D eigenvalue weighted by Gasteiger charge is 2.78. The van der Waals surface area contributed by atoms with Crippen molar-refractivity contribution in [1.82, 2.24) is 0 Å². The summed E-state index contributed by atoms with van der Waals surface area (Å²) >= 11 is 0. The van der Waals surface area contributed by atoms with Gasteiger partial charge in [-0.25, -0.2) is 0 Å². The average Bonchev–Trinajstić information content (AvgIpc) is 3.49. The van der Waals surface area contributed by atoms with E-state index in [1.807, 2.05) is 6.07 Å². The van der Waals surface area contributed by atoms with Crippen molar-refractivity contribution >= 4 is 5.97 Å². The third-order valence-electron chi connectivity index (χ3n) is 9.25. The van der Waals surface area contributed by atoms with Crippen molar-refractivity contribution in [3.63, 3.8) is 0 Å². The van der Waals surface area contributed by atoms with Gasteiger partial charge in [-0.1, -0.05) is 42.5 Å². The maximum atomic E-state index is 13.5. The Morgan fingerprint density at radius 2 is 1.70 bits per heavy atom. The number of carbonyl (C=O) groups excluding carboxylic acids is 1. The Hall–Kier alpha value is -3.95. The number of aliphatic hydroxyl groups is 4. The molecule has 13 heteroatoms. The first kappa shape index (κ1) is 33.0. The highest BCUT2D eigenvalue weighted by molar-refractivity contribution is 5.78. The number of ether oxygens (including phenoxy) is 8. The molecule has 4 N–H and O–H groups in total. The Bertz CT molecular complexity index is 1570. The number of methoxy groups -OCH3 is 4. The summed E-state index contributed by atoms with van der Waals surface area (Å²) in [6.07, 6.45) is -6.03. The molecule has 3 aliphatic rings. The minimum atomic E-state index is -2.25. The van der Waals surface area contributed by atoms with Crippen molar-refractivity contribution in [2.75, 3.05) is 41.7 Å². The second-order valence-electron chi connectivity index (χ2n) is 11.6. The highest BCUT2D eigenvalue weighted by Crippen LogP contribution is 2.70. The van der Waals surface area contributed by atoms with Crippen LogP contribution in [0.15, 0.2) is 66.7 Å². The number of hydrogen-bond donors (Lipinski definition) is 4. The van der Waals surface area contributed by atoms with Gasteiger partial charge in [0.15, 0.2) is 11.2 Å². The van der Waals surface area contributed by atoms with Crippen LogP contribution in [0.5, 0.6) is 23.0 Å². The minimum absolute atomic E-state index is 0.0474. The number of aliphatic hydroxyl groups excluding tert-OH is 3. The molecule has 13 nitrogen and oxygen atoms in total. The van der Waals surface area contributed by atoms with Gasteiger partial charge >= 0.3 is 5.97 Å². The standard InChI is InChI=1S/C34H38O13/c1-40-20-12-10-19(11-13-20)34-27(18-8-6-5-7-9-18)26(30(38)42-3)29(37)33(34,39)28-23(41-2)14-21(15-24(28)47-34)45-32-31(43-4)44-17-25(46-32)22(36)16-35/h5-15,22,25-27,29,31-32,35-37,39H,16-17H2,1-4H3/t22-,25+,26-,27-,29-,31+,32+,33+,34+/m0/s1. The summed E-state index contributed by atoms with van der Waals surface area (Å²) in [5.41, 5.74) is -2.88. The maximum absolute atomic E-state index is 13.5. The molecule has 0 bridgehead atoms. The van der Waals surface area contributed by atoms with E-state index >= 15 is 0 Å². The number of benzene rings is 3. The second-order valence-corrected chi connectivity index (χ2v) is 11.6. The van der Waals surface area contributed by atoms with Crippen molar-refractivity contribution < 1.29 is 63.1 Å². The molecule has 9 atom stereocenters. The summed E-state index contributed by atoms with van der Waals surface area (Å²) in [6.45, 7) is -0.601. The monoisotopic (exact) mass is 654 g/mol. The molecule has 0 aromatic heterocycles. The van der Waals surface area contributed by atoms with Crippen LogP contribution in [-0.2, 0) is 34.9 Å². The predicted molar refractivity (Wildman–Crippen MR) is 162 cm³/mol. The van der Waals surface area contributed by atoms with Gasteiger partial charge in [0.1, 0.15) is 41.3 Å². The number of fused-ring (bicyclic) bond motifs is 3. The molecule has 252 valence electrons. The lowest BCUT2D eigenvalue weighted by Gasteiger charge is -2.40. The van der Waals surface area contributed by atoms with Crippen LogP contribution in [0.3, 0.4) is 0 Å². The topological polar surface area (TPSA) is 172 Å². The van der Waals surface area contributed by atoms with E-state index in [1.54, 1.807) is 48.5 Å². The molecule has 3 aromatic carbocycles. The minimum Gasteiger partial charge on any atom is -0.497 e. The molecule has 6 rings (SSSR count). The van der Waals surface area contributed by atoms with Crippen molar-refractivity contribution in [3.8, 4) is 23.0 Å². The fourth-order valence-corrected chi connectivity index (χ4v) is 7.11. The lowest BCUT2D eigenvalue weighted by atomic mass is 9.70. The van der Waals surface area contributed by atoms with Crippen LogP contribution >= 0.6 is 0 Å². The number of esters is 1. The SMILES string of the molecule is COC(=O)[C@@H]1[C@H](O)[C@]2(O)c3c(OC)cc(O[C@@H]4O[C@@H]([C@@H](O)CO)CO[C@H]4OC)cc3O[C@]2(c2ccc(OC)cc2)[C@H]1c1ccccc1. The van der Waals surface area contributed by atoms with Crippen molar-refractivity contribution in [2.24, 2.45) is 5.92 Å². The van der Waals surface area contributed by atoms with Crippen LogP contribution in [0.1, 0.15) is 22.6 Å². The van der Waals surface area contributed by atoms with Gasteiger partial charge in [0, 0.05) is 25.2 Å². The molecular formula is C34H38O13. The molecular weight excluding hydrogens is 616 g/mol. The van der Waals surface area contributed by atoms with E-state index in [0.717, 1.165) is 0 Å². The summed E-state index contributed by atoms with van der Waals surface area (Å²) in [5.74, 6) is -2.05. The van der Waals surface area contributed by atoms with Gasteiger partial charge in [-0.3, -0.25) is 4.79 Å². The average molecular weight is 655 g/mol. The molecule has 0 unspecified atom stereocenters. The fourth-order valence-electron chi connectivity index (χ4n) is 7.11. The molecule has 0 spiro atoms. The van der Waals surface area contributed by atoms with Crippen LogP contribution < -0.4 is 18.9 Å². The Balaban J connectivity index is 1.52. The lowest BCUT2D eigenvalue weighted by Crippen LogP contribution is -2.52. The van der Waals surface area contributed by atoms with E-state index in [-0.39, 0.29) is 29.4 Å². The number of rotatable bonds is 10. The van der Waals surface area contributed by atoms with Gasteiger partial charge in [0.05, 0.1) is 46.0 Å². The van der Waals surface area contributed by atoms with E-state index in [0.29, 0.717) is 16.9 Å². The summed E-state index contributed by atoms with van der Waals surface area (Å²) < 4.78 is 46.2. The maximum Gasteiger partial charge on any atom is 0.312 e. The normalized spacial score (nSPS) is 31.7. The molecule has 1 saturated heterocycles. The summed E-state index contributed by atoms with van der Waals surface area (Å²) in [6, 6.07) is 18.8. The van der Waals surface area contributed by atoms with E-state index in [9.17, 15) is 25.2 Å². The molecule has 1 aliphatic carbocycles. The number of carbonyl (C=O) groups is 1. The summed E-state index contributed by atoms with van der Waals surface area (Å²) in [7, 11) is 5.54. The zero-order valence-electron chi connectivity index (χ0n) is 26.3. The summed E-state index contributed by atoms with van der Waals surface area (Å²) in [4.78, 5) is 13.5. The first-order chi connectivity index (χ1) is 22.7. The van der Waals surface area contributed by atoms with Gasteiger partial charge in [-0.15, -0.1) is 0 Å². The third-order valence-corrected chi connectivity index (χ3v) is 9.25. The number of hydrogen-bond acceptors (Lipinski definition) is 13. The van der Waals surface area contributed by atoms with Crippen molar-refractivity contribution in [1.29, 1.82) is 0 Å². The van der Waals surface area contributed by atoms with Crippen molar-refractivity contribution in [2.45, 2.75) is 48.0 Å². The Kier molecular flexibility index (Phi) is 9.06. The molecule has 2 aliphatic heterocycles. The molecule has 2 fully saturated rings. The largest absolute Gasteiger partial charge is 0.497 e. The van der Waals surface area contributed by atoms with Crippen LogP contribution in [0.2, 0.25) is 0 Å². The highest BCUT2D eigenvalue weighted by atomic mass is 16.8. The van der Waals surface area contributed by atoms with Crippen LogP contribution in [0.4, 0.5) is 0 Å². The molecule has 0 amide bonds. The van der Waals surface area contributed by atoms with Gasteiger partial charge in [-0.2, -0.15) is 0 Å². The van der Waals surface area contributed by atoms with Crippen LogP contribution in [0.25, 0.3) is 0 Å². The Labute approximate surface area is 271 Å². The first-order valence-electron chi connectivity index (χ1n) is 15.0. The Morgan fingerprint density at radius 3 is 2.32 bits per heavy atom. The van der Waals surface area contributed by atoms with Crippen molar-refractivity contribution in [3.05, 3.63) is 83.4 Å². The van der Waals surface area contributed by atoms with Gasteiger partial charge in [0.2, 0.25) is 6.29 Å². The van der Waals surface area contributed by atoms with E-state index in [1.165, 1.54) is 40.6 Å². The zero-order valence-corrected chi connectivity index (χ0v) is 26.3. The zero-order chi connectivity index (χ0) is 33.5.